The first-order chi connectivity index (χ1) is 8.61. The lowest BCUT2D eigenvalue weighted by atomic mass is 10.2. The molecule has 1 aromatic carbocycles. The number of hydrogen-bond acceptors (Lipinski definition) is 6. The fraction of sp³-hybridized carbons (Fsp3) is 0.273. The topological polar surface area (TPSA) is 55.0 Å². The van der Waals surface area contributed by atoms with E-state index in [0.717, 1.165) is 14.4 Å². The van der Waals surface area contributed by atoms with Crippen LogP contribution in [-0.2, 0) is 6.54 Å². The second-order valence-electron chi connectivity index (χ2n) is 3.77. The van der Waals surface area contributed by atoms with Crippen molar-refractivity contribution in [1.82, 2.24) is 10.2 Å². The minimum atomic E-state index is -0.278. The summed E-state index contributed by atoms with van der Waals surface area (Å²) < 4.78 is 14.3. The molecule has 0 radical (unpaired) electrons. The molecule has 96 valence electrons. The molecule has 0 aliphatic rings. The minimum absolute atomic E-state index is 0.175. The molecule has 18 heavy (non-hydrogen) atoms. The summed E-state index contributed by atoms with van der Waals surface area (Å²) >= 11 is 2.85. The number of nitrogens with two attached hydrogens (primary N) is 1. The van der Waals surface area contributed by atoms with Crippen LogP contribution in [0, 0.1) is 5.82 Å². The van der Waals surface area contributed by atoms with Gasteiger partial charge in [-0.05, 0) is 12.1 Å². The van der Waals surface area contributed by atoms with Gasteiger partial charge in [-0.15, -0.1) is 10.2 Å². The second-order valence-corrected chi connectivity index (χ2v) is 6.01. The molecule has 0 saturated carbocycles. The number of aromatic nitrogens is 2. The summed E-state index contributed by atoms with van der Waals surface area (Å²) in [4.78, 5) is 2.68. The van der Waals surface area contributed by atoms with Gasteiger partial charge in [-0.25, -0.2) is 4.39 Å². The lowest BCUT2D eigenvalue weighted by molar-refractivity contribution is 0.604. The van der Waals surface area contributed by atoms with Gasteiger partial charge in [0, 0.05) is 31.1 Å². The van der Waals surface area contributed by atoms with Crippen LogP contribution in [0.1, 0.15) is 5.56 Å². The molecule has 2 aromatic rings. The molecule has 2 N–H and O–H groups in total. The molecule has 0 aliphatic carbocycles. The summed E-state index contributed by atoms with van der Waals surface area (Å²) in [5, 5.41) is 8.93. The van der Waals surface area contributed by atoms with Crippen LogP contribution in [0.3, 0.4) is 0 Å². The molecule has 0 saturated heterocycles. The zero-order chi connectivity index (χ0) is 13.1. The number of hydrogen-bond donors (Lipinski definition) is 1. The standard InChI is InChI=1S/C11H13FN4S2/c1-16(2)10-14-15-11(18-10)17-9-5-3-4-8(12)7(9)6-13/h3-5H,6,13H2,1-2H3. The number of anilines is 1. The van der Waals surface area contributed by atoms with Gasteiger partial charge in [0.05, 0.1) is 0 Å². The molecule has 4 nitrogen and oxygen atoms in total. The molecule has 0 fully saturated rings. The van der Waals surface area contributed by atoms with Gasteiger partial charge >= 0.3 is 0 Å². The Labute approximate surface area is 113 Å². The predicted molar refractivity (Wildman–Crippen MR) is 72.7 cm³/mol. The van der Waals surface area contributed by atoms with E-state index < -0.39 is 0 Å². The van der Waals surface area contributed by atoms with Crippen LogP contribution in [0.4, 0.5) is 9.52 Å². The van der Waals surface area contributed by atoms with Gasteiger partial charge in [-0.1, -0.05) is 29.2 Å². The predicted octanol–water partition coefficient (Wildman–Crippen LogP) is 2.35. The molecule has 1 aromatic heterocycles. The number of halogens is 1. The van der Waals surface area contributed by atoms with Crippen molar-refractivity contribution >= 4 is 28.2 Å². The van der Waals surface area contributed by atoms with E-state index in [9.17, 15) is 4.39 Å². The van der Waals surface area contributed by atoms with E-state index in [4.69, 9.17) is 5.73 Å². The van der Waals surface area contributed by atoms with E-state index in [1.165, 1.54) is 29.2 Å². The van der Waals surface area contributed by atoms with Crippen molar-refractivity contribution in [3.05, 3.63) is 29.6 Å². The molecule has 0 atom stereocenters. The average molecular weight is 284 g/mol. The van der Waals surface area contributed by atoms with Crippen LogP contribution < -0.4 is 10.6 Å². The zero-order valence-electron chi connectivity index (χ0n) is 10.1. The van der Waals surface area contributed by atoms with Gasteiger partial charge in [0.2, 0.25) is 5.13 Å². The first-order valence-corrected chi connectivity index (χ1v) is 6.91. The highest BCUT2D eigenvalue weighted by atomic mass is 32.2. The van der Waals surface area contributed by atoms with Crippen LogP contribution in [0.25, 0.3) is 0 Å². The molecule has 0 aliphatic heterocycles. The Balaban J connectivity index is 2.25. The normalized spacial score (nSPS) is 10.7. The summed E-state index contributed by atoms with van der Waals surface area (Å²) in [5.74, 6) is -0.278. The summed E-state index contributed by atoms with van der Waals surface area (Å²) in [5.41, 5.74) is 6.08. The van der Waals surface area contributed by atoms with Crippen molar-refractivity contribution in [3.8, 4) is 0 Å². The largest absolute Gasteiger partial charge is 0.353 e. The third-order valence-corrected chi connectivity index (χ3v) is 4.50. The van der Waals surface area contributed by atoms with Crippen molar-refractivity contribution in [3.63, 3.8) is 0 Å². The first kappa shape index (κ1) is 13.3. The van der Waals surface area contributed by atoms with E-state index in [1.54, 1.807) is 6.07 Å². The third-order valence-electron chi connectivity index (χ3n) is 2.26. The van der Waals surface area contributed by atoms with E-state index >= 15 is 0 Å². The molecule has 0 unspecified atom stereocenters. The van der Waals surface area contributed by atoms with Gasteiger partial charge < -0.3 is 10.6 Å². The van der Waals surface area contributed by atoms with Crippen molar-refractivity contribution in [2.45, 2.75) is 15.8 Å². The Morgan fingerprint density at radius 3 is 2.78 bits per heavy atom. The maximum Gasteiger partial charge on any atom is 0.208 e. The average Bonchev–Trinajstić information content (AvgIpc) is 2.78. The van der Waals surface area contributed by atoms with E-state index in [1.807, 2.05) is 25.1 Å². The second kappa shape index (κ2) is 5.64. The Hall–Kier alpha value is -1.18. The molecular formula is C11H13FN4S2. The fourth-order valence-corrected chi connectivity index (χ4v) is 3.23. The fourth-order valence-electron chi connectivity index (χ4n) is 1.35. The highest BCUT2D eigenvalue weighted by molar-refractivity contribution is 8.01. The number of rotatable bonds is 4. The highest BCUT2D eigenvalue weighted by Gasteiger charge is 2.12. The van der Waals surface area contributed by atoms with E-state index in [2.05, 4.69) is 10.2 Å². The van der Waals surface area contributed by atoms with Crippen LogP contribution in [0.15, 0.2) is 27.4 Å². The van der Waals surface area contributed by atoms with E-state index in [0.29, 0.717) is 5.56 Å². The van der Waals surface area contributed by atoms with Crippen LogP contribution in [0.5, 0.6) is 0 Å². The lowest BCUT2D eigenvalue weighted by Crippen LogP contribution is -2.07. The van der Waals surface area contributed by atoms with Gasteiger partial charge in [0.25, 0.3) is 0 Å². The Kier molecular flexibility index (Phi) is 4.15. The van der Waals surface area contributed by atoms with Crippen LogP contribution in [-0.4, -0.2) is 24.3 Å². The van der Waals surface area contributed by atoms with Gasteiger partial charge in [-0.2, -0.15) is 0 Å². The van der Waals surface area contributed by atoms with Crippen molar-refractivity contribution in [2.75, 3.05) is 19.0 Å². The molecule has 0 amide bonds. The van der Waals surface area contributed by atoms with Crippen molar-refractivity contribution in [2.24, 2.45) is 5.73 Å². The number of benzene rings is 1. The van der Waals surface area contributed by atoms with Gasteiger partial charge in [0.15, 0.2) is 4.34 Å². The number of nitrogens with zero attached hydrogens (tertiary/aromatic N) is 3. The minimum Gasteiger partial charge on any atom is -0.353 e. The SMILES string of the molecule is CN(C)c1nnc(Sc2cccc(F)c2CN)s1. The molecule has 0 spiro atoms. The molecule has 7 heteroatoms. The Bertz CT molecular complexity index is 542. The maximum atomic E-state index is 13.6. The summed E-state index contributed by atoms with van der Waals surface area (Å²) in [6.07, 6.45) is 0. The third kappa shape index (κ3) is 2.80. The van der Waals surface area contributed by atoms with Crippen LogP contribution in [0.2, 0.25) is 0 Å². The molecule has 0 bridgehead atoms. The summed E-state index contributed by atoms with van der Waals surface area (Å²) in [6, 6.07) is 4.93. The summed E-state index contributed by atoms with van der Waals surface area (Å²) in [7, 11) is 3.81. The lowest BCUT2D eigenvalue weighted by Gasteiger charge is -2.06. The molecule has 1 heterocycles. The Morgan fingerprint density at radius 1 is 1.39 bits per heavy atom. The highest BCUT2D eigenvalue weighted by Crippen LogP contribution is 2.35. The maximum absolute atomic E-state index is 13.6. The first-order valence-electron chi connectivity index (χ1n) is 5.28. The van der Waals surface area contributed by atoms with E-state index in [-0.39, 0.29) is 12.4 Å². The van der Waals surface area contributed by atoms with Crippen molar-refractivity contribution < 1.29 is 4.39 Å². The smallest absolute Gasteiger partial charge is 0.208 e. The monoisotopic (exact) mass is 284 g/mol. The Morgan fingerprint density at radius 2 is 2.17 bits per heavy atom. The summed E-state index contributed by atoms with van der Waals surface area (Å²) in [6.45, 7) is 0.175. The molecular weight excluding hydrogens is 271 g/mol. The molecule has 2 rings (SSSR count). The van der Waals surface area contributed by atoms with Gasteiger partial charge in [-0.3, -0.25) is 0 Å². The van der Waals surface area contributed by atoms with Crippen LogP contribution >= 0.6 is 23.1 Å². The quantitative estimate of drug-likeness (QED) is 0.934. The zero-order valence-corrected chi connectivity index (χ0v) is 11.7. The van der Waals surface area contributed by atoms with Gasteiger partial charge in [0.1, 0.15) is 5.82 Å². The van der Waals surface area contributed by atoms with Crippen molar-refractivity contribution in [1.29, 1.82) is 0 Å².